The number of amides is 1. The number of rotatable bonds is 10. The van der Waals surface area contributed by atoms with Crippen LogP contribution in [0.2, 0.25) is 5.02 Å². The van der Waals surface area contributed by atoms with E-state index in [4.69, 9.17) is 26.8 Å². The third kappa shape index (κ3) is 7.06. The standard InChI is InChI=1S/C26H29ClN4O5S/c1-15(2)23(28)25(34)36-14-31-9-10-37-26(31)29-13-21(32)18-11-19(27)20(12-22(18)35-4)30-24(33)17-8-6-5-7-16(17)3/h5-12,15,23H,13-14,28H2,1-4H3,(H,30,33). The van der Waals surface area contributed by atoms with E-state index in [0.29, 0.717) is 16.1 Å². The number of nitrogens with one attached hydrogen (secondary N) is 1. The lowest BCUT2D eigenvalue weighted by molar-refractivity contribution is -0.150. The summed E-state index contributed by atoms with van der Waals surface area (Å²) in [6, 6.07) is 9.41. The number of esters is 1. The van der Waals surface area contributed by atoms with Gasteiger partial charge in [-0.25, -0.2) is 0 Å². The van der Waals surface area contributed by atoms with Crippen LogP contribution in [-0.2, 0) is 16.3 Å². The van der Waals surface area contributed by atoms with Crippen LogP contribution in [0.15, 0.2) is 53.0 Å². The van der Waals surface area contributed by atoms with Gasteiger partial charge in [0.2, 0.25) is 0 Å². The number of anilines is 1. The molecule has 11 heteroatoms. The minimum atomic E-state index is -0.720. The van der Waals surface area contributed by atoms with Crippen molar-refractivity contribution in [1.82, 2.24) is 4.57 Å². The zero-order valence-corrected chi connectivity index (χ0v) is 22.6. The molecule has 1 atom stereocenters. The number of thiazole rings is 1. The minimum absolute atomic E-state index is 0.0503. The molecule has 0 saturated carbocycles. The highest BCUT2D eigenvalue weighted by molar-refractivity contribution is 7.07. The quantitative estimate of drug-likeness (QED) is 0.293. The Morgan fingerprint density at radius 2 is 1.92 bits per heavy atom. The summed E-state index contributed by atoms with van der Waals surface area (Å²) in [7, 11) is 1.42. The van der Waals surface area contributed by atoms with Crippen LogP contribution in [0.5, 0.6) is 5.75 Å². The number of aromatic nitrogens is 1. The number of aryl methyl sites for hydroxylation is 1. The number of methoxy groups -OCH3 is 1. The Bertz CT molecular complexity index is 1360. The van der Waals surface area contributed by atoms with Gasteiger partial charge in [0.1, 0.15) is 18.3 Å². The molecule has 0 bridgehead atoms. The van der Waals surface area contributed by atoms with E-state index in [-0.39, 0.29) is 47.2 Å². The van der Waals surface area contributed by atoms with Gasteiger partial charge in [-0.05, 0) is 30.5 Å². The molecule has 1 amide bonds. The second-order valence-electron chi connectivity index (χ2n) is 8.56. The molecule has 9 nitrogen and oxygen atoms in total. The molecule has 0 aliphatic carbocycles. The van der Waals surface area contributed by atoms with E-state index in [1.807, 2.05) is 32.9 Å². The lowest BCUT2D eigenvalue weighted by Gasteiger charge is -2.14. The van der Waals surface area contributed by atoms with Gasteiger partial charge in [-0.2, -0.15) is 0 Å². The van der Waals surface area contributed by atoms with Gasteiger partial charge in [-0.1, -0.05) is 43.6 Å². The average molecular weight is 545 g/mol. The van der Waals surface area contributed by atoms with Crippen LogP contribution < -0.4 is 20.6 Å². The highest BCUT2D eigenvalue weighted by Crippen LogP contribution is 2.32. The fourth-order valence-corrected chi connectivity index (χ4v) is 4.23. The number of nitrogens with two attached hydrogens (primary N) is 1. The van der Waals surface area contributed by atoms with Crippen LogP contribution >= 0.6 is 22.9 Å². The molecular formula is C26H29ClN4O5S. The second-order valence-corrected chi connectivity index (χ2v) is 9.84. The van der Waals surface area contributed by atoms with Crippen molar-refractivity contribution in [3.8, 4) is 5.75 Å². The molecule has 0 spiro atoms. The monoisotopic (exact) mass is 544 g/mol. The first-order valence-corrected chi connectivity index (χ1v) is 12.7. The first-order valence-electron chi connectivity index (χ1n) is 11.5. The van der Waals surface area contributed by atoms with Gasteiger partial charge in [0.25, 0.3) is 5.91 Å². The zero-order valence-electron chi connectivity index (χ0n) is 21.0. The second kappa shape index (κ2) is 12.7. The van der Waals surface area contributed by atoms with E-state index >= 15 is 0 Å². The van der Waals surface area contributed by atoms with Crippen molar-refractivity contribution in [2.24, 2.45) is 16.6 Å². The SMILES string of the molecule is COc1cc(NC(=O)c2ccccc2C)c(Cl)cc1C(=O)CN=c1sccn1COC(=O)C(N)C(C)C. The van der Waals surface area contributed by atoms with Gasteiger partial charge >= 0.3 is 5.97 Å². The molecule has 1 aromatic heterocycles. The van der Waals surface area contributed by atoms with Crippen LogP contribution in [0.25, 0.3) is 0 Å². The number of halogens is 1. The topological polar surface area (TPSA) is 125 Å². The number of ketones is 1. The van der Waals surface area contributed by atoms with Crippen molar-refractivity contribution in [3.05, 3.63) is 74.5 Å². The van der Waals surface area contributed by atoms with E-state index in [9.17, 15) is 14.4 Å². The van der Waals surface area contributed by atoms with Gasteiger partial charge in [0, 0.05) is 23.2 Å². The van der Waals surface area contributed by atoms with Crippen LogP contribution in [0.4, 0.5) is 5.69 Å². The molecule has 2 aromatic carbocycles. The maximum Gasteiger partial charge on any atom is 0.324 e. The Morgan fingerprint density at radius 1 is 1.19 bits per heavy atom. The lowest BCUT2D eigenvalue weighted by Crippen LogP contribution is -2.37. The fraction of sp³-hybridized carbons (Fsp3) is 0.308. The summed E-state index contributed by atoms with van der Waals surface area (Å²) in [6.45, 7) is 5.24. The highest BCUT2D eigenvalue weighted by atomic mass is 35.5. The smallest absolute Gasteiger partial charge is 0.324 e. The minimum Gasteiger partial charge on any atom is -0.496 e. The number of carbonyl (C=O) groups is 3. The number of hydrogen-bond acceptors (Lipinski definition) is 8. The number of nitrogens with zero attached hydrogens (tertiary/aromatic N) is 2. The van der Waals surface area contributed by atoms with Gasteiger partial charge in [-0.3, -0.25) is 23.9 Å². The predicted octanol–water partition coefficient (Wildman–Crippen LogP) is 4.04. The third-order valence-electron chi connectivity index (χ3n) is 5.58. The van der Waals surface area contributed by atoms with E-state index in [1.54, 1.807) is 28.3 Å². The molecule has 0 radical (unpaired) electrons. The summed E-state index contributed by atoms with van der Waals surface area (Å²) in [5.41, 5.74) is 7.69. The van der Waals surface area contributed by atoms with Crippen molar-refractivity contribution >= 4 is 46.3 Å². The number of hydrogen-bond donors (Lipinski definition) is 2. The van der Waals surface area contributed by atoms with Crippen molar-refractivity contribution in [2.75, 3.05) is 19.0 Å². The van der Waals surface area contributed by atoms with E-state index in [0.717, 1.165) is 5.56 Å². The summed E-state index contributed by atoms with van der Waals surface area (Å²) >= 11 is 7.69. The highest BCUT2D eigenvalue weighted by Gasteiger charge is 2.20. The summed E-state index contributed by atoms with van der Waals surface area (Å²) in [6.07, 6.45) is 1.70. The first kappa shape index (κ1) is 28.1. The molecule has 0 saturated heterocycles. The molecule has 37 heavy (non-hydrogen) atoms. The van der Waals surface area contributed by atoms with Gasteiger partial charge < -0.3 is 20.5 Å². The van der Waals surface area contributed by atoms with Gasteiger partial charge in [0.05, 0.1) is 23.4 Å². The summed E-state index contributed by atoms with van der Waals surface area (Å²) in [5, 5.41) is 4.72. The summed E-state index contributed by atoms with van der Waals surface area (Å²) in [4.78, 5) is 42.6. The normalized spacial score (nSPS) is 12.4. The zero-order chi connectivity index (χ0) is 27.1. The summed E-state index contributed by atoms with van der Waals surface area (Å²) in [5.74, 6) is -0.974. The summed E-state index contributed by atoms with van der Waals surface area (Å²) < 4.78 is 12.3. The Hall–Kier alpha value is -3.47. The molecule has 3 aromatic rings. The molecule has 1 unspecified atom stereocenters. The van der Waals surface area contributed by atoms with E-state index < -0.39 is 12.0 Å². The number of ether oxygens (including phenoxy) is 2. The number of Topliss-reactive ketones (excluding diaryl/α,β-unsaturated/α-hetero) is 1. The van der Waals surface area contributed by atoms with Crippen molar-refractivity contribution in [1.29, 1.82) is 0 Å². The molecule has 0 aliphatic heterocycles. The largest absolute Gasteiger partial charge is 0.496 e. The van der Waals surface area contributed by atoms with Gasteiger partial charge in [0.15, 0.2) is 17.3 Å². The lowest BCUT2D eigenvalue weighted by atomic mass is 10.1. The Labute approximate surface area is 223 Å². The molecule has 0 aliphatic rings. The molecule has 1 heterocycles. The van der Waals surface area contributed by atoms with Crippen molar-refractivity contribution in [3.63, 3.8) is 0 Å². The fourth-order valence-electron chi connectivity index (χ4n) is 3.30. The van der Waals surface area contributed by atoms with Gasteiger partial charge in [-0.15, -0.1) is 11.3 Å². The maximum atomic E-state index is 13.0. The number of carbonyl (C=O) groups excluding carboxylic acids is 3. The molecule has 3 rings (SSSR count). The van der Waals surface area contributed by atoms with E-state index in [1.165, 1.54) is 30.6 Å². The van der Waals surface area contributed by atoms with Crippen LogP contribution in [-0.4, -0.2) is 41.9 Å². The molecular weight excluding hydrogens is 516 g/mol. The third-order valence-corrected chi connectivity index (χ3v) is 6.73. The molecule has 196 valence electrons. The van der Waals surface area contributed by atoms with E-state index in [2.05, 4.69) is 10.3 Å². The predicted molar refractivity (Wildman–Crippen MR) is 143 cm³/mol. The average Bonchev–Trinajstić information content (AvgIpc) is 3.33. The first-order chi connectivity index (χ1) is 17.6. The van der Waals surface area contributed by atoms with Crippen molar-refractivity contribution < 1.29 is 23.9 Å². The van der Waals surface area contributed by atoms with Crippen LogP contribution in [0, 0.1) is 12.8 Å². The van der Waals surface area contributed by atoms with Crippen LogP contribution in [0.1, 0.15) is 40.1 Å². The Kier molecular flexibility index (Phi) is 9.62. The van der Waals surface area contributed by atoms with Crippen molar-refractivity contribution in [2.45, 2.75) is 33.5 Å². The molecule has 3 N–H and O–H groups in total. The number of benzene rings is 2. The Morgan fingerprint density at radius 3 is 2.59 bits per heavy atom. The Balaban J connectivity index is 1.74. The maximum absolute atomic E-state index is 13.0. The van der Waals surface area contributed by atoms with Crippen LogP contribution in [0.3, 0.4) is 0 Å². The molecule has 0 fully saturated rings.